The number of carbonyl (C=O) groups excluding carboxylic acids is 4. The minimum atomic E-state index is -2.34. The van der Waals surface area contributed by atoms with Crippen LogP contribution < -0.4 is 19.9 Å². The number of esters is 3. The van der Waals surface area contributed by atoms with Gasteiger partial charge in [0.1, 0.15) is 11.2 Å². The van der Waals surface area contributed by atoms with Gasteiger partial charge < -0.3 is 53.8 Å². The van der Waals surface area contributed by atoms with Crippen molar-refractivity contribution < 1.29 is 48.0 Å². The lowest BCUT2D eigenvalue weighted by Crippen LogP contribution is -2.81. The van der Waals surface area contributed by atoms with Crippen molar-refractivity contribution in [1.82, 2.24) is 20.1 Å². The van der Waals surface area contributed by atoms with Crippen LogP contribution in [-0.4, -0.2) is 160 Å². The van der Waals surface area contributed by atoms with E-state index in [-0.39, 0.29) is 17.9 Å². The van der Waals surface area contributed by atoms with Crippen LogP contribution in [-0.2, 0) is 50.6 Å². The zero-order valence-corrected chi connectivity index (χ0v) is 43.3. The Balaban J connectivity index is 1.10. The third-order valence-corrected chi connectivity index (χ3v) is 18.5. The van der Waals surface area contributed by atoms with Crippen LogP contribution in [0.4, 0.5) is 11.4 Å². The van der Waals surface area contributed by atoms with E-state index in [0.29, 0.717) is 101 Å². The van der Waals surface area contributed by atoms with E-state index in [1.54, 1.807) is 7.11 Å². The van der Waals surface area contributed by atoms with Gasteiger partial charge in [-0.1, -0.05) is 50.3 Å². The number of likely N-dealkylation sites (N-methyl/N-ethyl adjacent to an activating group) is 1. The second-order valence-electron chi connectivity index (χ2n) is 21.9. The second kappa shape index (κ2) is 18.2. The van der Waals surface area contributed by atoms with Gasteiger partial charge in [0.25, 0.3) is 5.91 Å². The van der Waals surface area contributed by atoms with Gasteiger partial charge in [-0.25, -0.2) is 4.79 Å². The lowest BCUT2D eigenvalue weighted by atomic mass is 9.47. The predicted octanol–water partition coefficient (Wildman–Crippen LogP) is 5.27. The molecule has 2 bridgehead atoms. The van der Waals surface area contributed by atoms with E-state index in [9.17, 15) is 19.5 Å². The molecule has 0 radical (unpaired) electrons. The Hall–Kier alpha value is -5.94. The van der Waals surface area contributed by atoms with Crippen LogP contribution in [0.2, 0.25) is 0 Å². The van der Waals surface area contributed by atoms with Gasteiger partial charge >= 0.3 is 17.9 Å². The molecule has 3 aromatic carbocycles. The van der Waals surface area contributed by atoms with Crippen LogP contribution in [0.1, 0.15) is 85.6 Å². The summed E-state index contributed by atoms with van der Waals surface area (Å²) in [5, 5.41) is 18.1. The molecule has 10 atom stereocenters. The summed E-state index contributed by atoms with van der Waals surface area (Å²) in [5.41, 5.74) is -0.0171. The van der Waals surface area contributed by atoms with Gasteiger partial charge in [0, 0.05) is 115 Å². The fraction of sp³-hybridized carbons (Fsp3) is 0.544. The number of nitrogens with one attached hydrogen (secondary N) is 2. The summed E-state index contributed by atoms with van der Waals surface area (Å²) in [4.78, 5) is 71.1. The lowest BCUT2D eigenvalue weighted by molar-refractivity contribution is -0.228. The number of para-hydroxylation sites is 1. The number of piperidine rings is 1. The van der Waals surface area contributed by atoms with Gasteiger partial charge in [-0.15, -0.1) is 0 Å². The molecule has 3 N–H and O–H groups in total. The summed E-state index contributed by atoms with van der Waals surface area (Å²) < 4.78 is 30.0. The van der Waals surface area contributed by atoms with Crippen LogP contribution in [0.5, 0.6) is 5.75 Å². The number of methoxy groups -OCH3 is 3. The Morgan fingerprint density at radius 2 is 1.67 bits per heavy atom. The molecule has 388 valence electrons. The Kier molecular flexibility index (Phi) is 12.3. The van der Waals surface area contributed by atoms with Crippen molar-refractivity contribution >= 4 is 46.1 Å². The van der Waals surface area contributed by atoms with E-state index in [1.807, 2.05) is 67.4 Å². The van der Waals surface area contributed by atoms with Crippen molar-refractivity contribution in [2.24, 2.45) is 11.3 Å². The van der Waals surface area contributed by atoms with Gasteiger partial charge in [-0.2, -0.15) is 0 Å². The first kappa shape index (κ1) is 49.3. The van der Waals surface area contributed by atoms with Gasteiger partial charge in [0.2, 0.25) is 5.60 Å². The molecule has 6 aliphatic heterocycles. The van der Waals surface area contributed by atoms with Crippen molar-refractivity contribution in [2.75, 3.05) is 97.2 Å². The predicted molar refractivity (Wildman–Crippen MR) is 275 cm³/mol. The largest absolute Gasteiger partial charge is 0.496 e. The van der Waals surface area contributed by atoms with Crippen LogP contribution >= 0.6 is 0 Å². The second-order valence-corrected chi connectivity index (χ2v) is 21.9. The Morgan fingerprint density at radius 1 is 0.890 bits per heavy atom. The average molecular weight is 999 g/mol. The molecule has 16 heteroatoms. The summed E-state index contributed by atoms with van der Waals surface area (Å²) in [6.07, 6.45) is 5.98. The molecule has 1 aliphatic carbocycles. The van der Waals surface area contributed by atoms with E-state index >= 15 is 4.79 Å². The van der Waals surface area contributed by atoms with E-state index in [4.69, 9.17) is 23.7 Å². The zero-order valence-electron chi connectivity index (χ0n) is 43.3. The number of fused-ring (bicyclic) bond motifs is 6. The molecule has 3 saturated heterocycles. The van der Waals surface area contributed by atoms with Crippen LogP contribution in [0, 0.1) is 11.3 Å². The van der Waals surface area contributed by atoms with Crippen molar-refractivity contribution in [3.8, 4) is 5.75 Å². The molecule has 16 nitrogen and oxygen atoms in total. The highest BCUT2D eigenvalue weighted by Gasteiger charge is 2.80. The maximum atomic E-state index is 15.8. The van der Waals surface area contributed by atoms with E-state index in [1.165, 1.54) is 21.1 Å². The first-order valence-electron chi connectivity index (χ1n) is 26.2. The fourth-order valence-corrected chi connectivity index (χ4v) is 15.7. The standard InChI is InChI=1S/C57H70N6O10/c1-8-53(59-47(65)37-14-12-15-38(28-37)62-24-26-72-27-25-62)31-36-32-56(51(66)70-6,46-40(18-22-61(33-36)34-53)39-16-10-11-17-43(39)58-46)42-29-41-44(30-45(42)69-5)60(4)49-55(41)20-23-63-21-13-19-54(9-2,48(55)63)50(73-35(3)64)57(49,68)52(67)71-7/h10-17,19,28-30,36,48-50,58,68H,8-9,18,20-27,31-34H2,1-7H3,(H,59,65)/t36-,48+,49-,50-,53+,54-,55-,56+,57+/m1/s1. The Morgan fingerprint density at radius 3 is 2.40 bits per heavy atom. The number of aromatic amines is 1. The highest BCUT2D eigenvalue weighted by Crippen LogP contribution is 2.68. The topological polar surface area (TPSA) is 175 Å². The lowest BCUT2D eigenvalue weighted by Gasteiger charge is -2.63. The first-order chi connectivity index (χ1) is 35.2. The number of aliphatic hydroxyl groups is 1. The molecule has 4 fully saturated rings. The molecule has 7 heterocycles. The summed E-state index contributed by atoms with van der Waals surface area (Å²) in [7, 11) is 6.19. The van der Waals surface area contributed by atoms with E-state index < -0.39 is 57.4 Å². The number of ether oxygens (including phenoxy) is 5. The summed E-state index contributed by atoms with van der Waals surface area (Å²) in [5.74, 6) is -1.79. The molecule has 1 aromatic heterocycles. The molecule has 1 amide bonds. The number of hydrogen-bond acceptors (Lipinski definition) is 14. The van der Waals surface area contributed by atoms with Crippen LogP contribution in [0.15, 0.2) is 72.8 Å². The third kappa shape index (κ3) is 7.12. The summed E-state index contributed by atoms with van der Waals surface area (Å²) >= 11 is 0. The smallest absolute Gasteiger partial charge is 0.344 e. The summed E-state index contributed by atoms with van der Waals surface area (Å²) in [6, 6.07) is 18.8. The number of nitrogens with zero attached hydrogens (tertiary/aromatic N) is 4. The maximum Gasteiger partial charge on any atom is 0.344 e. The van der Waals surface area contributed by atoms with Gasteiger partial charge in [-0.05, 0) is 92.4 Å². The normalized spacial score (nSPS) is 33.3. The van der Waals surface area contributed by atoms with E-state index in [2.05, 4.69) is 56.2 Å². The van der Waals surface area contributed by atoms with Gasteiger partial charge in [-0.3, -0.25) is 19.3 Å². The highest BCUT2D eigenvalue weighted by molar-refractivity contribution is 5.96. The Bertz CT molecular complexity index is 2900. The average Bonchev–Trinajstić information content (AvgIpc) is 4.07. The number of aromatic nitrogens is 1. The first-order valence-corrected chi connectivity index (χ1v) is 26.2. The highest BCUT2D eigenvalue weighted by atomic mass is 16.6. The molecule has 1 spiro atoms. The molecule has 1 unspecified atom stereocenters. The molecular formula is C57H70N6O10. The molecular weight excluding hydrogens is 929 g/mol. The molecule has 1 saturated carbocycles. The van der Waals surface area contributed by atoms with Gasteiger partial charge in [0.15, 0.2) is 6.10 Å². The number of carbonyl (C=O) groups is 4. The molecule has 73 heavy (non-hydrogen) atoms. The monoisotopic (exact) mass is 999 g/mol. The number of anilines is 2. The van der Waals surface area contributed by atoms with Crippen LogP contribution in [0.25, 0.3) is 10.9 Å². The number of morpholine rings is 1. The molecule has 4 aromatic rings. The molecule has 7 aliphatic rings. The van der Waals surface area contributed by atoms with Crippen molar-refractivity contribution in [2.45, 2.75) is 99.5 Å². The maximum absolute atomic E-state index is 15.8. The summed E-state index contributed by atoms with van der Waals surface area (Å²) in [6.45, 7) is 11.5. The third-order valence-electron chi connectivity index (χ3n) is 18.5. The van der Waals surface area contributed by atoms with Crippen LogP contribution in [0.3, 0.4) is 0 Å². The number of amides is 1. The minimum Gasteiger partial charge on any atom is -0.496 e. The number of H-pyrrole nitrogens is 1. The Labute approximate surface area is 427 Å². The minimum absolute atomic E-state index is 0.136. The van der Waals surface area contributed by atoms with Crippen molar-refractivity contribution in [3.63, 3.8) is 0 Å². The number of hydrogen-bond donors (Lipinski definition) is 3. The SMILES string of the molecule is CC[C@]1(NC(=O)c2cccc(N3CCOCC3)c2)C[C@H]2CN(CCc3c([nH]c4ccccc34)[C@@](C(=O)OC)(c3cc4c(cc3OC)N(C)[C@H]3[C@@](O)(C(=O)OC)[C@H](OC(C)=O)[C@]5(CC)C=CCN6CC[C@]43[C@@H]65)C2)C1. The zero-order chi connectivity index (χ0) is 51.2. The van der Waals surface area contributed by atoms with E-state index in [0.717, 1.165) is 52.2 Å². The quantitative estimate of drug-likeness (QED) is 0.107. The van der Waals surface area contributed by atoms with Gasteiger partial charge in [0.05, 0.1) is 46.1 Å². The fourth-order valence-electron chi connectivity index (χ4n) is 15.7. The number of benzene rings is 3. The van der Waals surface area contributed by atoms with Crippen molar-refractivity contribution in [1.29, 1.82) is 0 Å². The molecule has 11 rings (SSSR count). The number of rotatable bonds is 10. The van der Waals surface area contributed by atoms with Crippen molar-refractivity contribution in [3.05, 3.63) is 101 Å².